The standard InChI is InChI=1S/C19H21N5O3/c1-2-14-17-18(23(22-14)13-8-4-5-9-13)20-16(21-19(17)25)11-12-7-3-6-10-15(12)24(26)27/h3,6-7,10,13,22H,2,4-5,8-9,11H2,1H3. The number of nitro groups is 1. The Labute approximate surface area is 155 Å². The topological polar surface area (TPSA) is 107 Å². The van der Waals surface area contributed by atoms with Crippen LogP contribution < -0.4 is 5.56 Å². The number of H-pyrrole nitrogens is 1. The van der Waals surface area contributed by atoms with Crippen molar-refractivity contribution in [3.8, 4) is 11.4 Å². The monoisotopic (exact) mass is 367 g/mol. The Morgan fingerprint density at radius 3 is 2.70 bits per heavy atom. The van der Waals surface area contributed by atoms with Gasteiger partial charge >= 0.3 is 0 Å². The van der Waals surface area contributed by atoms with Crippen molar-refractivity contribution >= 4 is 5.69 Å². The minimum atomic E-state index is -0.420. The number of nitrogens with zero attached hydrogens (tertiary/aromatic N) is 4. The molecule has 8 nitrogen and oxygen atoms in total. The van der Waals surface area contributed by atoms with E-state index in [4.69, 9.17) is 0 Å². The van der Waals surface area contributed by atoms with Crippen LogP contribution in [-0.2, 0) is 12.8 Å². The first-order valence-electron chi connectivity index (χ1n) is 9.30. The molecule has 0 bridgehead atoms. The highest BCUT2D eigenvalue weighted by Crippen LogP contribution is 2.34. The van der Waals surface area contributed by atoms with E-state index in [9.17, 15) is 14.9 Å². The number of rotatable bonds is 5. The highest BCUT2D eigenvalue weighted by molar-refractivity contribution is 5.59. The third kappa shape index (κ3) is 3.11. The van der Waals surface area contributed by atoms with Crippen molar-refractivity contribution in [3.05, 3.63) is 61.8 Å². The number of nitro benzene ring substituents is 1. The number of hydrogen-bond acceptors (Lipinski definition) is 5. The second kappa shape index (κ2) is 6.94. The normalized spacial score (nSPS) is 14.9. The van der Waals surface area contributed by atoms with Crippen LogP contribution in [-0.4, -0.2) is 24.7 Å². The third-order valence-corrected chi connectivity index (χ3v) is 5.27. The van der Waals surface area contributed by atoms with Crippen molar-refractivity contribution in [1.29, 1.82) is 0 Å². The minimum absolute atomic E-state index is 0.0145. The van der Waals surface area contributed by atoms with Gasteiger partial charge in [-0.15, -0.1) is 0 Å². The summed E-state index contributed by atoms with van der Waals surface area (Å²) in [5, 5.41) is 14.6. The first-order chi connectivity index (χ1) is 13.1. The fourth-order valence-electron chi connectivity index (χ4n) is 3.93. The maximum atomic E-state index is 12.7. The van der Waals surface area contributed by atoms with Crippen molar-refractivity contribution < 1.29 is 4.92 Å². The molecule has 0 aromatic heterocycles. The van der Waals surface area contributed by atoms with Crippen LogP contribution in [0.25, 0.3) is 11.4 Å². The lowest BCUT2D eigenvalue weighted by molar-refractivity contribution is -0.385. The zero-order chi connectivity index (χ0) is 19.0. The second-order valence-electron chi connectivity index (χ2n) is 6.96. The first-order valence-corrected chi connectivity index (χ1v) is 9.30. The SMILES string of the molecule is CCc1[nH]n(C2CCCC2)c2nc(Cc3ccccc3[N+](=O)[O-])nc(=O)c1-2. The molecule has 1 aromatic carbocycles. The molecular formula is C19H21N5O3. The van der Waals surface area contributed by atoms with Crippen LogP contribution in [0.2, 0.25) is 0 Å². The zero-order valence-electron chi connectivity index (χ0n) is 15.1. The van der Waals surface area contributed by atoms with Gasteiger partial charge in [0.1, 0.15) is 11.4 Å². The number of aromatic amines is 1. The van der Waals surface area contributed by atoms with Crippen molar-refractivity contribution in [2.45, 2.75) is 51.5 Å². The van der Waals surface area contributed by atoms with Crippen LogP contribution in [0, 0.1) is 10.1 Å². The van der Waals surface area contributed by atoms with Crippen molar-refractivity contribution in [2.75, 3.05) is 0 Å². The lowest BCUT2D eigenvalue weighted by Gasteiger charge is -2.13. The largest absolute Gasteiger partial charge is 0.300 e. The van der Waals surface area contributed by atoms with E-state index >= 15 is 0 Å². The molecule has 1 N–H and O–H groups in total. The fraction of sp³-hybridized carbons (Fsp3) is 0.421. The van der Waals surface area contributed by atoms with Crippen LogP contribution in [0.1, 0.15) is 55.7 Å². The molecule has 2 aliphatic heterocycles. The van der Waals surface area contributed by atoms with Gasteiger partial charge in [-0.2, -0.15) is 4.98 Å². The Balaban J connectivity index is 1.81. The number of aryl methyl sites for hydroxylation is 1. The summed E-state index contributed by atoms with van der Waals surface area (Å²) in [6.45, 7) is 1.99. The van der Waals surface area contributed by atoms with Crippen molar-refractivity contribution in [2.24, 2.45) is 0 Å². The Bertz CT molecular complexity index is 1020. The summed E-state index contributed by atoms with van der Waals surface area (Å²) in [6.07, 6.45) is 5.29. The molecule has 1 aromatic rings. The van der Waals surface area contributed by atoms with Gasteiger partial charge in [-0.1, -0.05) is 38.0 Å². The number of para-hydroxylation sites is 1. The van der Waals surface area contributed by atoms with E-state index in [0.29, 0.717) is 35.2 Å². The highest BCUT2D eigenvalue weighted by atomic mass is 16.6. The lowest BCUT2D eigenvalue weighted by atomic mass is 10.1. The molecule has 0 radical (unpaired) electrons. The molecule has 140 valence electrons. The van der Waals surface area contributed by atoms with Gasteiger partial charge in [-0.05, 0) is 19.3 Å². The van der Waals surface area contributed by atoms with Gasteiger partial charge in [-0.25, -0.2) is 4.98 Å². The van der Waals surface area contributed by atoms with E-state index in [2.05, 4.69) is 15.1 Å². The Morgan fingerprint density at radius 2 is 2.00 bits per heavy atom. The van der Waals surface area contributed by atoms with Gasteiger partial charge in [0, 0.05) is 23.7 Å². The molecular weight excluding hydrogens is 346 g/mol. The maximum absolute atomic E-state index is 12.7. The zero-order valence-corrected chi connectivity index (χ0v) is 15.1. The van der Waals surface area contributed by atoms with E-state index in [-0.39, 0.29) is 17.7 Å². The summed E-state index contributed by atoms with van der Waals surface area (Å²) in [5.41, 5.74) is 1.58. The van der Waals surface area contributed by atoms with Crippen LogP contribution in [0.15, 0.2) is 29.1 Å². The Kier molecular flexibility index (Phi) is 4.47. The predicted octanol–water partition coefficient (Wildman–Crippen LogP) is 3.25. The van der Waals surface area contributed by atoms with Crippen molar-refractivity contribution in [3.63, 3.8) is 0 Å². The Hall–Kier alpha value is -3.03. The quantitative estimate of drug-likeness (QED) is 0.550. The number of nitrogens with one attached hydrogen (secondary N) is 1. The van der Waals surface area contributed by atoms with Crippen LogP contribution >= 0.6 is 0 Å². The molecule has 1 saturated carbocycles. The van der Waals surface area contributed by atoms with Crippen LogP contribution in [0.5, 0.6) is 0 Å². The molecule has 27 heavy (non-hydrogen) atoms. The molecule has 1 fully saturated rings. The molecule has 8 heteroatoms. The van der Waals surface area contributed by atoms with E-state index in [1.54, 1.807) is 18.2 Å². The summed E-state index contributed by atoms with van der Waals surface area (Å²) < 4.78 is 2.01. The average Bonchev–Trinajstić information content (AvgIpc) is 3.29. The first kappa shape index (κ1) is 17.4. The molecule has 2 heterocycles. The number of aromatic nitrogens is 4. The summed E-state index contributed by atoms with van der Waals surface area (Å²) in [4.78, 5) is 32.3. The number of fused-ring (bicyclic) bond motifs is 1. The van der Waals surface area contributed by atoms with Gasteiger partial charge in [0.25, 0.3) is 11.2 Å². The van der Waals surface area contributed by atoms with Crippen molar-refractivity contribution in [1.82, 2.24) is 19.7 Å². The van der Waals surface area contributed by atoms with Crippen LogP contribution in [0.3, 0.4) is 0 Å². The average molecular weight is 367 g/mol. The van der Waals surface area contributed by atoms with E-state index in [1.165, 1.54) is 6.07 Å². The Morgan fingerprint density at radius 1 is 1.26 bits per heavy atom. The number of benzene rings is 1. The number of hydrogen-bond donors (Lipinski definition) is 1. The maximum Gasteiger partial charge on any atom is 0.284 e. The summed E-state index contributed by atoms with van der Waals surface area (Å²) in [5.74, 6) is 0.933. The summed E-state index contributed by atoms with van der Waals surface area (Å²) >= 11 is 0. The smallest absolute Gasteiger partial charge is 0.284 e. The fourth-order valence-corrected chi connectivity index (χ4v) is 3.93. The van der Waals surface area contributed by atoms with Gasteiger partial charge in [-0.3, -0.25) is 24.7 Å². The van der Waals surface area contributed by atoms with E-state index in [1.807, 2.05) is 11.6 Å². The molecule has 0 unspecified atom stereocenters. The predicted molar refractivity (Wildman–Crippen MR) is 100 cm³/mol. The molecule has 0 atom stereocenters. The van der Waals surface area contributed by atoms with E-state index < -0.39 is 4.92 Å². The second-order valence-corrected chi connectivity index (χ2v) is 6.96. The van der Waals surface area contributed by atoms with Gasteiger partial charge < -0.3 is 0 Å². The molecule has 0 spiro atoms. The highest BCUT2D eigenvalue weighted by Gasteiger charge is 2.28. The third-order valence-electron chi connectivity index (χ3n) is 5.27. The molecule has 1 aliphatic carbocycles. The van der Waals surface area contributed by atoms with Gasteiger partial charge in [0.15, 0.2) is 5.82 Å². The van der Waals surface area contributed by atoms with Crippen LogP contribution in [0.4, 0.5) is 5.69 Å². The summed E-state index contributed by atoms with van der Waals surface area (Å²) in [7, 11) is 0. The molecule has 4 rings (SSSR count). The lowest BCUT2D eigenvalue weighted by Crippen LogP contribution is -2.19. The van der Waals surface area contributed by atoms with E-state index in [0.717, 1.165) is 31.4 Å². The molecule has 3 aliphatic rings. The van der Waals surface area contributed by atoms with Gasteiger partial charge in [0.05, 0.1) is 11.0 Å². The molecule has 0 amide bonds. The van der Waals surface area contributed by atoms with Gasteiger partial charge in [0.2, 0.25) is 0 Å². The minimum Gasteiger partial charge on any atom is -0.300 e. The summed E-state index contributed by atoms with van der Waals surface area (Å²) in [6, 6.07) is 6.80. The molecule has 0 saturated heterocycles.